The third kappa shape index (κ3) is 6.12. The van der Waals surface area contributed by atoms with Crippen LogP contribution in [0.25, 0.3) is 0 Å². The normalized spacial score (nSPS) is 17.4. The molecule has 3 N–H and O–H groups in total. The zero-order valence-electron chi connectivity index (χ0n) is 14.5. The van der Waals surface area contributed by atoms with Gasteiger partial charge in [0.15, 0.2) is 0 Å². The summed E-state index contributed by atoms with van der Waals surface area (Å²) in [5.74, 6) is 0.615. The average Bonchev–Trinajstić information content (AvgIpc) is 2.63. The van der Waals surface area contributed by atoms with Crippen molar-refractivity contribution in [3.8, 4) is 0 Å². The molecular weight excluding hydrogens is 373 g/mol. The van der Waals surface area contributed by atoms with Gasteiger partial charge >= 0.3 is 0 Å². The van der Waals surface area contributed by atoms with Crippen molar-refractivity contribution in [1.82, 2.24) is 15.3 Å². The first kappa shape index (κ1) is 22.2. The maximum Gasteiger partial charge on any atom is 0.237 e. The number of piperidine rings is 1. The monoisotopic (exact) mass is 397 g/mol. The number of rotatable bonds is 5. The van der Waals surface area contributed by atoms with Crippen molar-refractivity contribution in [2.75, 3.05) is 18.0 Å². The van der Waals surface area contributed by atoms with E-state index >= 15 is 0 Å². The Kier molecular flexibility index (Phi) is 9.34. The third-order valence-electron chi connectivity index (χ3n) is 4.24. The lowest BCUT2D eigenvalue weighted by molar-refractivity contribution is -0.123. The Morgan fingerprint density at radius 3 is 2.58 bits per heavy atom. The molecule has 1 fully saturated rings. The van der Waals surface area contributed by atoms with Crippen LogP contribution in [0.1, 0.15) is 18.4 Å². The van der Waals surface area contributed by atoms with Gasteiger partial charge in [-0.05, 0) is 30.9 Å². The van der Waals surface area contributed by atoms with E-state index in [1.165, 1.54) is 0 Å². The van der Waals surface area contributed by atoms with Crippen LogP contribution >= 0.6 is 24.8 Å². The number of benzene rings is 1. The Bertz CT molecular complexity index is 659. The molecule has 2 unspecified atom stereocenters. The number of anilines is 1. The molecule has 0 bridgehead atoms. The second kappa shape index (κ2) is 11.0. The van der Waals surface area contributed by atoms with Gasteiger partial charge in [-0.3, -0.25) is 4.79 Å². The van der Waals surface area contributed by atoms with E-state index in [1.807, 2.05) is 30.3 Å². The minimum Gasteiger partial charge on any atom is -0.350 e. The van der Waals surface area contributed by atoms with E-state index < -0.39 is 6.04 Å². The summed E-state index contributed by atoms with van der Waals surface area (Å²) in [5, 5.41) is 3.08. The van der Waals surface area contributed by atoms with E-state index in [1.54, 1.807) is 18.5 Å². The lowest BCUT2D eigenvalue weighted by Crippen LogP contribution is -2.52. The van der Waals surface area contributed by atoms with Gasteiger partial charge in [-0.15, -0.1) is 24.8 Å². The van der Waals surface area contributed by atoms with Crippen LogP contribution < -0.4 is 16.0 Å². The molecule has 1 aliphatic rings. The van der Waals surface area contributed by atoms with Gasteiger partial charge in [0.2, 0.25) is 11.9 Å². The first-order chi connectivity index (χ1) is 11.7. The van der Waals surface area contributed by atoms with Crippen LogP contribution in [0.2, 0.25) is 0 Å². The molecule has 2 heterocycles. The summed E-state index contributed by atoms with van der Waals surface area (Å²) in [6, 6.07) is 11.2. The number of halogens is 2. The van der Waals surface area contributed by atoms with E-state index in [-0.39, 0.29) is 36.8 Å². The molecule has 26 heavy (non-hydrogen) atoms. The summed E-state index contributed by atoms with van der Waals surface area (Å²) in [4.78, 5) is 23.0. The number of hydrogen-bond donors (Lipinski definition) is 2. The molecule has 2 atom stereocenters. The largest absolute Gasteiger partial charge is 0.350 e. The topological polar surface area (TPSA) is 84.1 Å². The van der Waals surface area contributed by atoms with Gasteiger partial charge in [-0.1, -0.05) is 30.3 Å². The summed E-state index contributed by atoms with van der Waals surface area (Å²) in [6.07, 6.45) is 5.97. The van der Waals surface area contributed by atoms with Crippen LogP contribution in [-0.4, -0.2) is 41.0 Å². The van der Waals surface area contributed by atoms with Crippen molar-refractivity contribution in [3.05, 3.63) is 54.4 Å². The second-order valence-corrected chi connectivity index (χ2v) is 6.14. The van der Waals surface area contributed by atoms with Gasteiger partial charge in [-0.2, -0.15) is 0 Å². The number of hydrogen-bond acceptors (Lipinski definition) is 5. The van der Waals surface area contributed by atoms with Gasteiger partial charge < -0.3 is 16.0 Å². The highest BCUT2D eigenvalue weighted by Gasteiger charge is 2.24. The number of nitrogens with zero attached hydrogens (tertiary/aromatic N) is 3. The van der Waals surface area contributed by atoms with E-state index in [4.69, 9.17) is 5.73 Å². The molecule has 1 saturated heterocycles. The lowest BCUT2D eigenvalue weighted by Gasteiger charge is -2.33. The highest BCUT2D eigenvalue weighted by Crippen LogP contribution is 2.15. The number of nitrogens with two attached hydrogens (primary N) is 1. The number of carbonyl (C=O) groups excluding carboxylic acids is 1. The number of carbonyl (C=O) groups is 1. The van der Waals surface area contributed by atoms with Crippen molar-refractivity contribution >= 4 is 36.7 Å². The van der Waals surface area contributed by atoms with Crippen LogP contribution in [-0.2, 0) is 11.2 Å². The highest BCUT2D eigenvalue weighted by atomic mass is 35.5. The van der Waals surface area contributed by atoms with Crippen LogP contribution in [0.4, 0.5) is 5.95 Å². The van der Waals surface area contributed by atoms with E-state index in [0.29, 0.717) is 18.9 Å². The molecule has 3 rings (SSSR count). The molecule has 1 aromatic carbocycles. The van der Waals surface area contributed by atoms with Gasteiger partial charge in [-0.25, -0.2) is 9.97 Å². The second-order valence-electron chi connectivity index (χ2n) is 6.14. The molecule has 1 amide bonds. The Hall–Kier alpha value is -1.89. The predicted octanol–water partition coefficient (Wildman–Crippen LogP) is 1.98. The third-order valence-corrected chi connectivity index (χ3v) is 4.24. The zero-order chi connectivity index (χ0) is 16.8. The number of nitrogens with one attached hydrogen (secondary N) is 1. The lowest BCUT2D eigenvalue weighted by atomic mass is 10.0. The van der Waals surface area contributed by atoms with Crippen LogP contribution in [0.3, 0.4) is 0 Å². The first-order valence-electron chi connectivity index (χ1n) is 8.34. The fourth-order valence-corrected chi connectivity index (χ4v) is 3.00. The Morgan fingerprint density at radius 1 is 1.19 bits per heavy atom. The van der Waals surface area contributed by atoms with Crippen LogP contribution in [0.15, 0.2) is 48.8 Å². The molecule has 142 valence electrons. The van der Waals surface area contributed by atoms with Crippen molar-refractivity contribution in [3.63, 3.8) is 0 Å². The van der Waals surface area contributed by atoms with E-state index in [0.717, 1.165) is 24.9 Å². The Labute approximate surface area is 166 Å². The smallest absolute Gasteiger partial charge is 0.237 e. The van der Waals surface area contributed by atoms with Crippen LogP contribution in [0, 0.1) is 0 Å². The molecule has 0 spiro atoms. The molecule has 0 radical (unpaired) electrons. The standard InChI is InChI=1S/C18H23N5O.2ClH/c19-16(12-14-6-2-1-3-7-14)17(24)22-15-8-4-11-23(13-15)18-20-9-5-10-21-18;;/h1-3,5-7,9-10,15-16H,4,8,11-13,19H2,(H,22,24);2*1H. The van der Waals surface area contributed by atoms with E-state index in [9.17, 15) is 4.79 Å². The summed E-state index contributed by atoms with van der Waals surface area (Å²) in [6.45, 7) is 1.63. The fraction of sp³-hybridized carbons (Fsp3) is 0.389. The molecule has 2 aromatic rings. The maximum absolute atomic E-state index is 12.4. The molecule has 0 saturated carbocycles. The fourth-order valence-electron chi connectivity index (χ4n) is 3.00. The minimum absolute atomic E-state index is 0. The van der Waals surface area contributed by atoms with Crippen LogP contribution in [0.5, 0.6) is 0 Å². The number of aromatic nitrogens is 2. The molecule has 6 nitrogen and oxygen atoms in total. The summed E-state index contributed by atoms with van der Waals surface area (Å²) in [5.41, 5.74) is 7.13. The Balaban J connectivity index is 0.00000169. The molecule has 1 aliphatic heterocycles. The SMILES string of the molecule is Cl.Cl.NC(Cc1ccccc1)C(=O)NC1CCCN(c2ncccn2)C1. The average molecular weight is 398 g/mol. The van der Waals surface area contributed by atoms with Crippen molar-refractivity contribution in [2.24, 2.45) is 5.73 Å². The molecule has 0 aliphatic carbocycles. The zero-order valence-corrected chi connectivity index (χ0v) is 16.1. The summed E-state index contributed by atoms with van der Waals surface area (Å²) >= 11 is 0. The van der Waals surface area contributed by atoms with E-state index in [2.05, 4.69) is 20.2 Å². The Morgan fingerprint density at radius 2 is 1.88 bits per heavy atom. The quantitative estimate of drug-likeness (QED) is 0.805. The van der Waals surface area contributed by atoms with Crippen molar-refractivity contribution in [2.45, 2.75) is 31.3 Å². The summed E-state index contributed by atoms with van der Waals surface area (Å²) < 4.78 is 0. The highest BCUT2D eigenvalue weighted by molar-refractivity contribution is 5.85. The predicted molar refractivity (Wildman–Crippen MR) is 108 cm³/mol. The molecular formula is C18H25Cl2N5O. The van der Waals surface area contributed by atoms with Gasteiger partial charge in [0, 0.05) is 31.5 Å². The maximum atomic E-state index is 12.4. The molecule has 1 aromatic heterocycles. The summed E-state index contributed by atoms with van der Waals surface area (Å²) in [7, 11) is 0. The minimum atomic E-state index is -0.532. The van der Waals surface area contributed by atoms with Crippen molar-refractivity contribution in [1.29, 1.82) is 0 Å². The number of amides is 1. The first-order valence-corrected chi connectivity index (χ1v) is 8.34. The van der Waals surface area contributed by atoms with Gasteiger partial charge in [0.1, 0.15) is 0 Å². The van der Waals surface area contributed by atoms with Gasteiger partial charge in [0.25, 0.3) is 0 Å². The van der Waals surface area contributed by atoms with Gasteiger partial charge in [0.05, 0.1) is 6.04 Å². The van der Waals surface area contributed by atoms with Crippen molar-refractivity contribution < 1.29 is 4.79 Å². The molecule has 8 heteroatoms.